The highest BCUT2D eigenvalue weighted by Gasteiger charge is 2.49. The van der Waals surface area contributed by atoms with Crippen molar-refractivity contribution in [2.24, 2.45) is 0 Å². The molecular formula is C29H35F3N4O4. The Bertz CT molecular complexity index is 1440. The number of hydrogen-bond acceptors (Lipinski definition) is 7. The first-order valence-corrected chi connectivity index (χ1v) is 13.1. The van der Waals surface area contributed by atoms with Gasteiger partial charge in [0.1, 0.15) is 29.7 Å². The number of nitrogens with one attached hydrogen (secondary N) is 1. The van der Waals surface area contributed by atoms with Crippen LogP contribution in [0.4, 0.5) is 19.0 Å². The average molecular weight is 561 g/mol. The second-order valence-corrected chi connectivity index (χ2v) is 10.8. The maximum Gasteiger partial charge on any atom is 0.303 e. The number of nitrogens with zero attached hydrogens (tertiary/aromatic N) is 3. The minimum Gasteiger partial charge on any atom is -0.493 e. The molecule has 11 heteroatoms. The van der Waals surface area contributed by atoms with Gasteiger partial charge in [0.05, 0.1) is 30.3 Å². The molecule has 1 aliphatic rings. The summed E-state index contributed by atoms with van der Waals surface area (Å²) >= 11 is 0. The molecule has 2 N–H and O–H groups in total. The fourth-order valence-electron chi connectivity index (χ4n) is 4.95. The number of rotatable bonds is 9. The predicted octanol–water partition coefficient (Wildman–Crippen LogP) is 5.43. The maximum atomic E-state index is 15.5. The molecule has 3 aromatic rings. The minimum absolute atomic E-state index is 0.0125. The number of anilines is 1. The number of benzene rings is 2. The van der Waals surface area contributed by atoms with E-state index in [9.17, 15) is 18.7 Å². The number of aromatic nitrogens is 2. The van der Waals surface area contributed by atoms with Crippen molar-refractivity contribution in [3.8, 4) is 11.5 Å². The summed E-state index contributed by atoms with van der Waals surface area (Å²) in [6, 6.07) is 4.59. The highest BCUT2D eigenvalue weighted by molar-refractivity contribution is 5.94. The summed E-state index contributed by atoms with van der Waals surface area (Å²) in [6.07, 6.45) is 1.16. The summed E-state index contributed by atoms with van der Waals surface area (Å²) in [5, 5.41) is 13.7. The third-order valence-corrected chi connectivity index (χ3v) is 7.48. The largest absolute Gasteiger partial charge is 0.493 e. The van der Waals surface area contributed by atoms with Gasteiger partial charge < -0.3 is 24.8 Å². The fraction of sp³-hybridized carbons (Fsp3) is 0.483. The van der Waals surface area contributed by atoms with Crippen LogP contribution in [0.5, 0.6) is 11.5 Å². The summed E-state index contributed by atoms with van der Waals surface area (Å²) in [5.74, 6) is -3.14. The normalized spacial score (nSPS) is 16.9. The van der Waals surface area contributed by atoms with Gasteiger partial charge in [0.15, 0.2) is 11.5 Å². The standard InChI is InChI=1S/C29H35F3N4O4/c1-15-25-20(13-22(26(15)39-7)40-14-18-11-12-23(37)36(18)6)27(35-17(3)34-25)33-16(2)19-9-8-10-21(24(19)30)29(31,32)28(4,5)38/h8-10,13,16,18,38H,11-12,14H2,1-7H3,(H,33,34,35)/t16-,18+/m1/s1. The van der Waals surface area contributed by atoms with Gasteiger partial charge in [-0.15, -0.1) is 0 Å². The van der Waals surface area contributed by atoms with E-state index in [0.717, 1.165) is 19.9 Å². The zero-order valence-electron chi connectivity index (χ0n) is 23.7. The van der Waals surface area contributed by atoms with E-state index in [2.05, 4.69) is 15.3 Å². The minimum atomic E-state index is -3.82. The Kier molecular flexibility index (Phi) is 7.90. The Labute approximate surface area is 231 Å². The molecular weight excluding hydrogens is 525 g/mol. The van der Waals surface area contributed by atoms with Gasteiger partial charge in [-0.3, -0.25) is 4.79 Å². The molecule has 0 saturated carbocycles. The highest BCUT2D eigenvalue weighted by atomic mass is 19.3. The van der Waals surface area contributed by atoms with Crippen molar-refractivity contribution in [3.63, 3.8) is 0 Å². The van der Waals surface area contributed by atoms with E-state index >= 15 is 4.39 Å². The number of aryl methyl sites for hydroxylation is 2. The van der Waals surface area contributed by atoms with Crippen LogP contribution in [0.2, 0.25) is 0 Å². The number of carbonyl (C=O) groups excluding carboxylic acids is 1. The summed E-state index contributed by atoms with van der Waals surface area (Å²) in [6.45, 7) is 7.33. The van der Waals surface area contributed by atoms with Crippen LogP contribution in [0.15, 0.2) is 24.3 Å². The van der Waals surface area contributed by atoms with Gasteiger partial charge in [-0.2, -0.15) is 8.78 Å². The van der Waals surface area contributed by atoms with Gasteiger partial charge in [-0.25, -0.2) is 14.4 Å². The number of likely N-dealkylation sites (tertiary alicyclic amines) is 1. The quantitative estimate of drug-likeness (QED) is 0.360. The fourth-order valence-corrected chi connectivity index (χ4v) is 4.95. The lowest BCUT2D eigenvalue weighted by Crippen LogP contribution is -2.41. The van der Waals surface area contributed by atoms with Crippen molar-refractivity contribution >= 4 is 22.6 Å². The number of hydrogen-bond donors (Lipinski definition) is 2. The van der Waals surface area contributed by atoms with Crippen molar-refractivity contribution in [1.29, 1.82) is 0 Å². The second-order valence-electron chi connectivity index (χ2n) is 10.8. The molecule has 2 heterocycles. The van der Waals surface area contributed by atoms with Crippen LogP contribution in [0, 0.1) is 19.7 Å². The average Bonchev–Trinajstić information content (AvgIpc) is 3.19. The Balaban J connectivity index is 1.73. The molecule has 4 rings (SSSR count). The van der Waals surface area contributed by atoms with Gasteiger partial charge >= 0.3 is 5.92 Å². The maximum absolute atomic E-state index is 15.5. The molecule has 216 valence electrons. The number of likely N-dealkylation sites (N-methyl/N-ethyl adjacent to an activating group) is 1. The predicted molar refractivity (Wildman–Crippen MR) is 145 cm³/mol. The second kappa shape index (κ2) is 10.8. The molecule has 1 amide bonds. The molecule has 0 radical (unpaired) electrons. The number of aliphatic hydroxyl groups is 1. The van der Waals surface area contributed by atoms with Crippen LogP contribution >= 0.6 is 0 Å². The summed E-state index contributed by atoms with van der Waals surface area (Å²) in [4.78, 5) is 22.7. The first kappa shape index (κ1) is 29.4. The van der Waals surface area contributed by atoms with Crippen LogP contribution in [-0.4, -0.2) is 58.3 Å². The molecule has 2 aromatic carbocycles. The Hall–Kier alpha value is -3.60. The number of halogens is 3. The number of methoxy groups -OCH3 is 1. The summed E-state index contributed by atoms with van der Waals surface area (Å²) in [5.41, 5.74) is -2.08. The zero-order valence-corrected chi connectivity index (χ0v) is 23.7. The van der Waals surface area contributed by atoms with Gasteiger partial charge in [-0.05, 0) is 53.2 Å². The number of alkyl halides is 2. The molecule has 2 atom stereocenters. The van der Waals surface area contributed by atoms with Crippen molar-refractivity contribution in [1.82, 2.24) is 14.9 Å². The van der Waals surface area contributed by atoms with E-state index in [1.165, 1.54) is 19.2 Å². The molecule has 0 bridgehead atoms. The van der Waals surface area contributed by atoms with E-state index < -0.39 is 28.9 Å². The van der Waals surface area contributed by atoms with Crippen molar-refractivity contribution in [2.45, 2.75) is 71.1 Å². The highest BCUT2D eigenvalue weighted by Crippen LogP contribution is 2.42. The van der Waals surface area contributed by atoms with Crippen LogP contribution in [-0.2, 0) is 10.7 Å². The monoisotopic (exact) mass is 560 g/mol. The lowest BCUT2D eigenvalue weighted by atomic mass is 9.91. The van der Waals surface area contributed by atoms with E-state index in [1.807, 2.05) is 6.92 Å². The first-order valence-electron chi connectivity index (χ1n) is 13.1. The number of ether oxygens (including phenoxy) is 2. The van der Waals surface area contributed by atoms with Gasteiger partial charge in [0, 0.05) is 30.0 Å². The molecule has 40 heavy (non-hydrogen) atoms. The summed E-state index contributed by atoms with van der Waals surface area (Å²) < 4.78 is 57.0. The Morgan fingerprint density at radius 2 is 1.95 bits per heavy atom. The topological polar surface area (TPSA) is 96.8 Å². The van der Waals surface area contributed by atoms with Crippen LogP contribution < -0.4 is 14.8 Å². The van der Waals surface area contributed by atoms with E-state index in [-0.39, 0.29) is 24.1 Å². The number of carbonyl (C=O) groups is 1. The van der Waals surface area contributed by atoms with Gasteiger partial charge in [-0.1, -0.05) is 12.1 Å². The third-order valence-electron chi connectivity index (χ3n) is 7.48. The smallest absolute Gasteiger partial charge is 0.303 e. The molecule has 0 spiro atoms. The van der Waals surface area contributed by atoms with Crippen LogP contribution in [0.25, 0.3) is 10.9 Å². The van der Waals surface area contributed by atoms with Crippen molar-refractivity contribution in [3.05, 3.63) is 52.6 Å². The molecule has 1 fully saturated rings. The van der Waals surface area contributed by atoms with E-state index in [1.54, 1.807) is 31.9 Å². The zero-order chi connectivity index (χ0) is 29.6. The molecule has 1 saturated heterocycles. The van der Waals surface area contributed by atoms with Crippen molar-refractivity contribution in [2.75, 3.05) is 26.1 Å². The number of amides is 1. The van der Waals surface area contributed by atoms with Crippen LogP contribution in [0.3, 0.4) is 0 Å². The first-order chi connectivity index (χ1) is 18.7. The summed E-state index contributed by atoms with van der Waals surface area (Å²) in [7, 11) is 3.28. The third kappa shape index (κ3) is 5.26. The van der Waals surface area contributed by atoms with E-state index in [0.29, 0.717) is 52.4 Å². The molecule has 0 aliphatic carbocycles. The molecule has 1 aromatic heterocycles. The number of fused-ring (bicyclic) bond motifs is 1. The Morgan fingerprint density at radius 3 is 2.55 bits per heavy atom. The lowest BCUT2D eigenvalue weighted by molar-refractivity contribution is -0.170. The Morgan fingerprint density at radius 1 is 1.25 bits per heavy atom. The molecule has 8 nitrogen and oxygen atoms in total. The van der Waals surface area contributed by atoms with Gasteiger partial charge in [0.2, 0.25) is 5.91 Å². The van der Waals surface area contributed by atoms with E-state index in [4.69, 9.17) is 9.47 Å². The molecule has 1 aliphatic heterocycles. The molecule has 0 unspecified atom stereocenters. The van der Waals surface area contributed by atoms with Crippen LogP contribution in [0.1, 0.15) is 62.2 Å². The SMILES string of the molecule is COc1c(OC[C@@H]2CCC(=O)N2C)cc2c(N[C@H](C)c3cccc(C(F)(F)C(C)(C)O)c3F)nc(C)nc2c1C. The lowest BCUT2D eigenvalue weighted by Gasteiger charge is -2.30. The van der Waals surface area contributed by atoms with Gasteiger partial charge in [0.25, 0.3) is 0 Å². The van der Waals surface area contributed by atoms with Crippen molar-refractivity contribution < 1.29 is 32.5 Å².